The van der Waals surface area contributed by atoms with E-state index in [9.17, 15) is 14.4 Å². The van der Waals surface area contributed by atoms with Crippen molar-refractivity contribution < 1.29 is 14.3 Å². The van der Waals surface area contributed by atoms with Crippen LogP contribution in [0.2, 0.25) is 0 Å². The van der Waals surface area contributed by atoms with E-state index < -0.39 is 5.97 Å². The summed E-state index contributed by atoms with van der Waals surface area (Å²) in [4.78, 5) is 40.6. The van der Waals surface area contributed by atoms with E-state index in [2.05, 4.69) is 10.3 Å². The number of fused-ring (bicyclic) bond motifs is 2. The van der Waals surface area contributed by atoms with E-state index in [0.717, 1.165) is 18.7 Å². The fourth-order valence-corrected chi connectivity index (χ4v) is 2.79. The van der Waals surface area contributed by atoms with Gasteiger partial charge in [-0.05, 0) is 30.5 Å². The van der Waals surface area contributed by atoms with E-state index in [1.165, 1.54) is 6.07 Å². The van der Waals surface area contributed by atoms with E-state index in [1.54, 1.807) is 16.7 Å². The number of benzene rings is 1. The summed E-state index contributed by atoms with van der Waals surface area (Å²) in [6.07, 6.45) is 1.66. The Morgan fingerprint density at radius 2 is 2.16 bits per heavy atom. The van der Waals surface area contributed by atoms with Crippen molar-refractivity contribution in [3.8, 4) is 0 Å². The average molecular weight is 343 g/mol. The molecule has 1 aromatic heterocycles. The molecule has 1 aromatic carbocycles. The van der Waals surface area contributed by atoms with Gasteiger partial charge in [-0.25, -0.2) is 9.78 Å². The second-order valence-electron chi connectivity index (χ2n) is 6.59. The van der Waals surface area contributed by atoms with Crippen molar-refractivity contribution in [3.63, 3.8) is 0 Å². The van der Waals surface area contributed by atoms with Gasteiger partial charge in [0.1, 0.15) is 5.82 Å². The van der Waals surface area contributed by atoms with Crippen LogP contribution in [0.15, 0.2) is 23.0 Å². The fraction of sp³-hybridized carbons (Fsp3) is 0.444. The van der Waals surface area contributed by atoms with E-state index in [1.807, 2.05) is 13.8 Å². The maximum atomic E-state index is 12.4. The molecule has 25 heavy (non-hydrogen) atoms. The maximum absolute atomic E-state index is 12.4. The first-order valence-electron chi connectivity index (χ1n) is 8.43. The Bertz CT molecular complexity index is 886. The zero-order valence-electron chi connectivity index (χ0n) is 14.4. The Kier molecular flexibility index (Phi) is 4.83. The maximum Gasteiger partial charge on any atom is 0.338 e. The van der Waals surface area contributed by atoms with Crippen LogP contribution in [0.1, 0.15) is 36.5 Å². The number of amides is 1. The summed E-state index contributed by atoms with van der Waals surface area (Å²) < 4.78 is 6.71. The molecule has 0 spiro atoms. The van der Waals surface area contributed by atoms with Gasteiger partial charge in [-0.15, -0.1) is 0 Å². The normalized spacial score (nSPS) is 13.1. The van der Waals surface area contributed by atoms with Crippen molar-refractivity contribution in [2.24, 2.45) is 5.92 Å². The second-order valence-corrected chi connectivity index (χ2v) is 6.59. The fourth-order valence-electron chi connectivity index (χ4n) is 2.79. The highest BCUT2D eigenvalue weighted by Gasteiger charge is 2.17. The van der Waals surface area contributed by atoms with Crippen molar-refractivity contribution in [1.29, 1.82) is 0 Å². The van der Waals surface area contributed by atoms with Crippen LogP contribution < -0.4 is 10.9 Å². The number of esters is 1. The Hall–Kier alpha value is -2.70. The lowest BCUT2D eigenvalue weighted by Crippen LogP contribution is -2.31. The van der Waals surface area contributed by atoms with Crippen LogP contribution in [0.5, 0.6) is 0 Å². The number of hydrogen-bond donors (Lipinski definition) is 1. The van der Waals surface area contributed by atoms with Crippen LogP contribution in [-0.4, -0.2) is 34.6 Å². The van der Waals surface area contributed by atoms with Crippen LogP contribution in [-0.2, 0) is 22.5 Å². The molecule has 0 bridgehead atoms. The molecule has 0 aliphatic carbocycles. The molecule has 7 nitrogen and oxygen atoms in total. The minimum atomic E-state index is -0.607. The van der Waals surface area contributed by atoms with Crippen molar-refractivity contribution in [1.82, 2.24) is 14.9 Å². The van der Waals surface area contributed by atoms with Crippen LogP contribution in [0.3, 0.4) is 0 Å². The molecule has 1 aliphatic rings. The first kappa shape index (κ1) is 17.1. The Morgan fingerprint density at radius 3 is 2.92 bits per heavy atom. The van der Waals surface area contributed by atoms with E-state index in [0.29, 0.717) is 29.9 Å². The number of nitrogens with one attached hydrogen (secondary N) is 1. The number of nitrogens with zero attached hydrogens (tertiary/aromatic N) is 2. The standard InChI is InChI=1S/C18H21N3O4/c1-11(2)9-19-16(22)10-25-18(24)12-5-6-13-14(8-12)20-15-4-3-7-21(15)17(13)23/h5-6,8,11H,3-4,7,9-10H2,1-2H3,(H,19,22). The zero-order valence-corrected chi connectivity index (χ0v) is 14.4. The topological polar surface area (TPSA) is 90.3 Å². The molecule has 2 heterocycles. The van der Waals surface area contributed by atoms with Gasteiger partial charge in [0, 0.05) is 19.5 Å². The lowest BCUT2D eigenvalue weighted by Gasteiger charge is -2.09. The van der Waals surface area contributed by atoms with Gasteiger partial charge in [0.15, 0.2) is 6.61 Å². The predicted molar refractivity (Wildman–Crippen MR) is 92.5 cm³/mol. The first-order valence-corrected chi connectivity index (χ1v) is 8.43. The molecule has 0 unspecified atom stereocenters. The summed E-state index contributed by atoms with van der Waals surface area (Å²) in [5.41, 5.74) is 0.682. The zero-order chi connectivity index (χ0) is 18.0. The number of ether oxygens (including phenoxy) is 1. The van der Waals surface area contributed by atoms with Gasteiger partial charge in [0.2, 0.25) is 0 Å². The molecule has 0 atom stereocenters. The summed E-state index contributed by atoms with van der Waals surface area (Å²) in [7, 11) is 0. The Morgan fingerprint density at radius 1 is 1.36 bits per heavy atom. The van der Waals surface area contributed by atoms with Gasteiger partial charge in [-0.1, -0.05) is 13.8 Å². The highest BCUT2D eigenvalue weighted by atomic mass is 16.5. The molecule has 3 rings (SSSR count). The Labute approximate surface area is 145 Å². The van der Waals surface area contributed by atoms with Gasteiger partial charge < -0.3 is 10.1 Å². The quantitative estimate of drug-likeness (QED) is 0.826. The van der Waals surface area contributed by atoms with Gasteiger partial charge in [-0.2, -0.15) is 0 Å². The average Bonchev–Trinajstić information content (AvgIpc) is 3.06. The Balaban J connectivity index is 1.73. The summed E-state index contributed by atoms with van der Waals surface area (Å²) in [5, 5.41) is 3.16. The summed E-state index contributed by atoms with van der Waals surface area (Å²) in [6, 6.07) is 4.66. The highest BCUT2D eigenvalue weighted by Crippen LogP contribution is 2.16. The molecule has 0 saturated carbocycles. The van der Waals surface area contributed by atoms with Crippen LogP contribution in [0, 0.1) is 5.92 Å². The minimum Gasteiger partial charge on any atom is -0.452 e. The molecular formula is C18H21N3O4. The number of rotatable bonds is 5. The number of carbonyl (C=O) groups excluding carboxylic acids is 2. The predicted octanol–water partition coefficient (Wildman–Crippen LogP) is 1.27. The first-order chi connectivity index (χ1) is 12.0. The molecule has 0 saturated heterocycles. The lowest BCUT2D eigenvalue weighted by molar-refractivity contribution is -0.124. The molecule has 0 fully saturated rings. The van der Waals surface area contributed by atoms with Crippen LogP contribution in [0.25, 0.3) is 10.9 Å². The van der Waals surface area contributed by atoms with Crippen LogP contribution >= 0.6 is 0 Å². The van der Waals surface area contributed by atoms with Gasteiger partial charge in [0.05, 0.1) is 16.5 Å². The monoisotopic (exact) mass is 343 g/mol. The highest BCUT2D eigenvalue weighted by molar-refractivity contribution is 5.95. The largest absolute Gasteiger partial charge is 0.452 e. The molecule has 2 aromatic rings. The molecule has 1 N–H and O–H groups in total. The third-order valence-corrected chi connectivity index (χ3v) is 4.09. The third-order valence-electron chi connectivity index (χ3n) is 4.09. The molecule has 132 valence electrons. The SMILES string of the molecule is CC(C)CNC(=O)COC(=O)c1ccc2c(=O)n3c(nc2c1)CCC3. The van der Waals surface area contributed by atoms with Crippen molar-refractivity contribution in [2.45, 2.75) is 33.2 Å². The summed E-state index contributed by atoms with van der Waals surface area (Å²) in [6.45, 7) is 4.85. The van der Waals surface area contributed by atoms with Gasteiger partial charge >= 0.3 is 5.97 Å². The van der Waals surface area contributed by atoms with Crippen LogP contribution in [0.4, 0.5) is 0 Å². The molecule has 1 aliphatic heterocycles. The number of aryl methyl sites for hydroxylation is 1. The minimum absolute atomic E-state index is 0.0783. The molecule has 1 amide bonds. The summed E-state index contributed by atoms with van der Waals surface area (Å²) in [5.74, 6) is 0.129. The third kappa shape index (κ3) is 3.70. The molecular weight excluding hydrogens is 322 g/mol. The van der Waals surface area contributed by atoms with E-state index >= 15 is 0 Å². The number of hydrogen-bond acceptors (Lipinski definition) is 5. The number of carbonyl (C=O) groups is 2. The van der Waals surface area contributed by atoms with Gasteiger partial charge in [-0.3, -0.25) is 14.2 Å². The second kappa shape index (κ2) is 7.04. The van der Waals surface area contributed by atoms with Crippen molar-refractivity contribution in [2.75, 3.05) is 13.2 Å². The summed E-state index contributed by atoms with van der Waals surface area (Å²) >= 11 is 0. The lowest BCUT2D eigenvalue weighted by atomic mass is 10.1. The van der Waals surface area contributed by atoms with Crippen molar-refractivity contribution in [3.05, 3.63) is 39.9 Å². The van der Waals surface area contributed by atoms with E-state index in [4.69, 9.17) is 4.74 Å². The van der Waals surface area contributed by atoms with E-state index in [-0.39, 0.29) is 23.6 Å². The number of aromatic nitrogens is 2. The van der Waals surface area contributed by atoms with Crippen molar-refractivity contribution >= 4 is 22.8 Å². The molecule has 0 radical (unpaired) electrons. The smallest absolute Gasteiger partial charge is 0.338 e. The van der Waals surface area contributed by atoms with Gasteiger partial charge in [0.25, 0.3) is 11.5 Å². The molecule has 7 heteroatoms.